The number of carboxylic acid groups (broad SMARTS) is 2. The molecule has 4 unspecified atom stereocenters. The number of aliphatic carboxylic acids is 2. The first kappa shape index (κ1) is 22.2. The lowest BCUT2D eigenvalue weighted by atomic mass is 9.76. The quantitative estimate of drug-likeness (QED) is 0.395. The number of rotatable bonds is 11. The summed E-state index contributed by atoms with van der Waals surface area (Å²) >= 11 is 0. The van der Waals surface area contributed by atoms with Crippen molar-refractivity contribution in [3.63, 3.8) is 0 Å². The Balaban J connectivity index is 5.31. The van der Waals surface area contributed by atoms with Gasteiger partial charge in [-0.05, 0) is 11.8 Å². The predicted molar refractivity (Wildman–Crippen MR) is 87.3 cm³/mol. The minimum atomic E-state index is -2.11. The van der Waals surface area contributed by atoms with Crippen molar-refractivity contribution in [2.24, 2.45) is 23.3 Å². The van der Waals surface area contributed by atoms with E-state index in [0.29, 0.717) is 12.8 Å². The molecule has 0 aromatic rings. The maximum atomic E-state index is 12.3. The van der Waals surface area contributed by atoms with Gasteiger partial charge in [-0.2, -0.15) is 0 Å². The van der Waals surface area contributed by atoms with Crippen LogP contribution in [-0.4, -0.2) is 44.8 Å². The van der Waals surface area contributed by atoms with Gasteiger partial charge in [0, 0.05) is 12.8 Å². The molecular formula is C16H28N2O6. The Kier molecular flexibility index (Phi) is 7.72. The highest BCUT2D eigenvalue weighted by Gasteiger charge is 2.48. The van der Waals surface area contributed by atoms with E-state index in [1.54, 1.807) is 13.8 Å². The van der Waals surface area contributed by atoms with E-state index in [1.807, 2.05) is 0 Å². The van der Waals surface area contributed by atoms with Crippen LogP contribution >= 0.6 is 0 Å². The largest absolute Gasteiger partial charge is 0.480 e. The second-order valence-electron chi connectivity index (χ2n) is 6.31. The monoisotopic (exact) mass is 344 g/mol. The Morgan fingerprint density at radius 2 is 1.04 bits per heavy atom. The molecule has 0 fully saturated rings. The molecule has 8 nitrogen and oxygen atoms in total. The van der Waals surface area contributed by atoms with Gasteiger partial charge in [0.05, 0.1) is 0 Å². The number of nitrogens with two attached hydrogens (primary N) is 2. The smallest absolute Gasteiger partial charge is 0.331 e. The molecule has 0 heterocycles. The fourth-order valence-electron chi connectivity index (χ4n) is 2.49. The van der Waals surface area contributed by atoms with E-state index in [0.717, 1.165) is 0 Å². The van der Waals surface area contributed by atoms with Crippen LogP contribution in [0.15, 0.2) is 0 Å². The van der Waals surface area contributed by atoms with Gasteiger partial charge >= 0.3 is 11.9 Å². The summed E-state index contributed by atoms with van der Waals surface area (Å²) in [5.74, 6) is -5.81. The second kappa shape index (κ2) is 8.34. The first-order valence-corrected chi connectivity index (χ1v) is 8.01. The highest BCUT2D eigenvalue weighted by molar-refractivity contribution is 6.11. The van der Waals surface area contributed by atoms with Crippen molar-refractivity contribution in [2.75, 3.05) is 0 Å². The molecule has 0 aliphatic rings. The van der Waals surface area contributed by atoms with Crippen LogP contribution in [0.25, 0.3) is 0 Å². The number of carboxylic acids is 2. The number of hydrogen-bond donors (Lipinski definition) is 4. The molecule has 0 aliphatic heterocycles. The molecule has 0 bridgehead atoms. The average Bonchev–Trinajstić information content (AvgIpc) is 2.55. The van der Waals surface area contributed by atoms with E-state index < -0.39 is 59.3 Å². The summed E-state index contributed by atoms with van der Waals surface area (Å²) in [7, 11) is 0. The second-order valence-corrected chi connectivity index (χ2v) is 6.31. The third-order valence-corrected chi connectivity index (χ3v) is 4.99. The van der Waals surface area contributed by atoms with Crippen molar-refractivity contribution in [3.8, 4) is 0 Å². The van der Waals surface area contributed by atoms with Crippen molar-refractivity contribution in [1.29, 1.82) is 0 Å². The molecule has 24 heavy (non-hydrogen) atoms. The highest BCUT2D eigenvalue weighted by Crippen LogP contribution is 2.25. The third kappa shape index (κ3) is 3.99. The van der Waals surface area contributed by atoms with E-state index in [2.05, 4.69) is 0 Å². The summed E-state index contributed by atoms with van der Waals surface area (Å²) in [6.07, 6.45) is -0.195. The molecule has 8 heteroatoms. The number of Topliss-reactive ketones (excluding diaryl/α,β-unsaturated/α-hetero) is 2. The zero-order chi connectivity index (χ0) is 19.3. The molecule has 4 atom stereocenters. The normalized spacial score (nSPS) is 18.8. The van der Waals surface area contributed by atoms with E-state index >= 15 is 0 Å². The van der Waals surface area contributed by atoms with Gasteiger partial charge in [-0.1, -0.05) is 40.5 Å². The minimum absolute atomic E-state index is 0.366. The first-order valence-electron chi connectivity index (χ1n) is 8.01. The third-order valence-electron chi connectivity index (χ3n) is 4.99. The molecule has 0 radical (unpaired) electrons. The van der Waals surface area contributed by atoms with Gasteiger partial charge in [-0.3, -0.25) is 9.59 Å². The van der Waals surface area contributed by atoms with E-state index in [-0.39, 0.29) is 0 Å². The average molecular weight is 344 g/mol. The van der Waals surface area contributed by atoms with Crippen molar-refractivity contribution in [3.05, 3.63) is 0 Å². The lowest BCUT2D eigenvalue weighted by molar-refractivity contribution is -0.154. The number of hydrogen-bond acceptors (Lipinski definition) is 6. The summed E-state index contributed by atoms with van der Waals surface area (Å²) in [4.78, 5) is 47.4. The molecule has 0 saturated heterocycles. The first-order chi connectivity index (χ1) is 10.9. The summed E-state index contributed by atoms with van der Waals surface area (Å²) < 4.78 is 0. The number of ketones is 2. The van der Waals surface area contributed by atoms with Gasteiger partial charge < -0.3 is 21.7 Å². The van der Waals surface area contributed by atoms with Crippen LogP contribution in [0, 0.1) is 11.8 Å². The lowest BCUT2D eigenvalue weighted by Gasteiger charge is -2.31. The van der Waals surface area contributed by atoms with E-state index in [4.69, 9.17) is 11.5 Å². The van der Waals surface area contributed by atoms with Gasteiger partial charge in [0.15, 0.2) is 22.6 Å². The molecule has 0 amide bonds. The Morgan fingerprint density at radius 3 is 1.21 bits per heavy atom. The number of carbonyl (C=O) groups excluding carboxylic acids is 2. The molecule has 0 aromatic carbocycles. The van der Waals surface area contributed by atoms with Crippen LogP contribution in [0.3, 0.4) is 0 Å². The van der Waals surface area contributed by atoms with Gasteiger partial charge in [-0.15, -0.1) is 0 Å². The molecule has 0 saturated carbocycles. The van der Waals surface area contributed by atoms with E-state index in [1.165, 1.54) is 13.8 Å². The van der Waals surface area contributed by atoms with Crippen LogP contribution in [-0.2, 0) is 19.2 Å². The molecule has 0 rings (SSSR count). The zero-order valence-electron chi connectivity index (χ0n) is 14.7. The Bertz CT molecular complexity index is 475. The van der Waals surface area contributed by atoms with Crippen LogP contribution in [0.4, 0.5) is 0 Å². The Labute approximate surface area is 141 Å². The standard InChI is InChI=1S/C16H28N2O6/c1-5-9(3)15(17,13(21)22)11(19)7-8-12(20)16(18,14(23)24)10(4)6-2/h9-10H,5-8,17-18H2,1-4H3,(H,21,22)(H,23,24). The van der Waals surface area contributed by atoms with Gasteiger partial charge in [0.2, 0.25) is 0 Å². The number of carbonyl (C=O) groups is 4. The molecule has 0 aromatic heterocycles. The van der Waals surface area contributed by atoms with Crippen molar-refractivity contribution >= 4 is 23.5 Å². The maximum absolute atomic E-state index is 12.3. The fourth-order valence-corrected chi connectivity index (χ4v) is 2.49. The van der Waals surface area contributed by atoms with Crippen LogP contribution in [0.1, 0.15) is 53.4 Å². The van der Waals surface area contributed by atoms with Crippen molar-refractivity contribution < 1.29 is 29.4 Å². The SMILES string of the molecule is CCC(C)C(N)(C(=O)O)C(=O)CCC(=O)C(N)(C(=O)O)C(C)CC. The van der Waals surface area contributed by atoms with Crippen LogP contribution < -0.4 is 11.5 Å². The molecule has 0 aliphatic carbocycles. The van der Waals surface area contributed by atoms with Gasteiger partial charge in [0.1, 0.15) is 0 Å². The Hall–Kier alpha value is -1.80. The molecule has 0 spiro atoms. The van der Waals surface area contributed by atoms with Gasteiger partial charge in [0.25, 0.3) is 0 Å². The minimum Gasteiger partial charge on any atom is -0.480 e. The van der Waals surface area contributed by atoms with Crippen LogP contribution in [0.5, 0.6) is 0 Å². The summed E-state index contributed by atoms with van der Waals surface area (Å²) in [5, 5.41) is 18.6. The molecular weight excluding hydrogens is 316 g/mol. The summed E-state index contributed by atoms with van der Waals surface area (Å²) in [6.45, 7) is 6.48. The molecule has 6 N–H and O–H groups in total. The maximum Gasteiger partial charge on any atom is 0.331 e. The predicted octanol–water partition coefficient (Wildman–Crippen LogP) is 0.561. The lowest BCUT2D eigenvalue weighted by Crippen LogP contribution is -2.61. The van der Waals surface area contributed by atoms with Crippen molar-refractivity contribution in [2.45, 2.75) is 64.5 Å². The summed E-state index contributed by atoms with van der Waals surface area (Å²) in [6, 6.07) is 0. The van der Waals surface area contributed by atoms with Crippen LogP contribution in [0.2, 0.25) is 0 Å². The van der Waals surface area contributed by atoms with E-state index in [9.17, 15) is 29.4 Å². The fraction of sp³-hybridized carbons (Fsp3) is 0.750. The zero-order valence-corrected chi connectivity index (χ0v) is 14.7. The van der Waals surface area contributed by atoms with Crippen molar-refractivity contribution in [1.82, 2.24) is 0 Å². The summed E-state index contributed by atoms with van der Waals surface area (Å²) in [5.41, 5.74) is 7.33. The Morgan fingerprint density at radius 1 is 0.792 bits per heavy atom. The molecule has 138 valence electrons. The highest BCUT2D eigenvalue weighted by atomic mass is 16.4. The topological polar surface area (TPSA) is 161 Å². The van der Waals surface area contributed by atoms with Gasteiger partial charge in [-0.25, -0.2) is 9.59 Å².